The average Bonchev–Trinajstić information content (AvgIpc) is 2.92. The number of carbonyl (C=O) groups excluding carboxylic acids is 1. The molecule has 8 heteroatoms. The monoisotopic (exact) mass is 498 g/mol. The van der Waals surface area contributed by atoms with Crippen LogP contribution in [0.5, 0.6) is 5.75 Å². The second kappa shape index (κ2) is 11.1. The molecule has 0 aliphatic carbocycles. The van der Waals surface area contributed by atoms with Gasteiger partial charge in [-0.15, -0.1) is 0 Å². The van der Waals surface area contributed by atoms with Crippen LogP contribution in [0.1, 0.15) is 45.8 Å². The number of likely N-dealkylation sites (tertiary alicyclic amines) is 1. The molecular weight excluding hydrogens is 466 g/mol. The summed E-state index contributed by atoms with van der Waals surface area (Å²) in [4.78, 5) is 24.3. The number of nitrogens with one attached hydrogen (secondary N) is 1. The van der Waals surface area contributed by atoms with Crippen LogP contribution in [0.3, 0.4) is 0 Å². The lowest BCUT2D eigenvalue weighted by Gasteiger charge is -2.32. The number of methoxy groups -OCH3 is 2. The molecular formula is C29H32N5O3. The second-order valence-electron chi connectivity index (χ2n) is 9.49. The van der Waals surface area contributed by atoms with Crippen LogP contribution in [0.4, 0.5) is 11.5 Å². The zero-order valence-corrected chi connectivity index (χ0v) is 21.5. The molecule has 1 amide bonds. The molecule has 0 spiro atoms. The number of rotatable bonds is 8. The van der Waals surface area contributed by atoms with Gasteiger partial charge in [0.15, 0.2) is 0 Å². The third kappa shape index (κ3) is 5.50. The number of fused-ring (bicyclic) bond motifs is 1. The van der Waals surface area contributed by atoms with Gasteiger partial charge in [0.05, 0.1) is 31.2 Å². The lowest BCUT2D eigenvalue weighted by atomic mass is 9.86. The molecule has 0 unspecified atom stereocenters. The Bertz CT molecular complexity index is 1310. The number of benzene rings is 1. The van der Waals surface area contributed by atoms with Crippen molar-refractivity contribution in [3.63, 3.8) is 0 Å². The molecule has 1 aromatic carbocycles. The largest absolute Gasteiger partial charge is 0.495 e. The van der Waals surface area contributed by atoms with Crippen LogP contribution in [0.25, 0.3) is 17.3 Å². The quantitative estimate of drug-likeness (QED) is 0.479. The molecule has 2 aromatic heterocycles. The molecule has 37 heavy (non-hydrogen) atoms. The number of hydrogen-bond acceptors (Lipinski definition) is 7. The van der Waals surface area contributed by atoms with E-state index in [-0.39, 0.29) is 5.91 Å². The number of aromatic nitrogens is 2. The normalized spacial score (nSPS) is 15.8. The van der Waals surface area contributed by atoms with Crippen LogP contribution in [0, 0.1) is 6.92 Å². The van der Waals surface area contributed by atoms with Crippen molar-refractivity contribution in [1.29, 1.82) is 0 Å². The average molecular weight is 499 g/mol. The molecule has 191 valence electrons. The van der Waals surface area contributed by atoms with Crippen molar-refractivity contribution in [2.24, 2.45) is 0 Å². The molecule has 0 atom stereocenters. The van der Waals surface area contributed by atoms with Crippen molar-refractivity contribution in [2.45, 2.75) is 25.7 Å². The fourth-order valence-corrected chi connectivity index (χ4v) is 5.12. The SMILES string of the molecule is COCCN1CCC(c2ccc(Nc3nc(-c4cncc(OC)c4)cc4c3C(=O)[N]C=C4)cc2C)CC1. The van der Waals surface area contributed by atoms with Crippen molar-refractivity contribution in [2.75, 3.05) is 45.8 Å². The van der Waals surface area contributed by atoms with E-state index in [1.807, 2.05) is 18.2 Å². The highest BCUT2D eigenvalue weighted by molar-refractivity contribution is 6.05. The number of hydrogen-bond donors (Lipinski definition) is 1. The van der Waals surface area contributed by atoms with E-state index in [9.17, 15) is 4.79 Å². The second-order valence-corrected chi connectivity index (χ2v) is 9.49. The molecule has 4 heterocycles. The molecule has 1 saturated heterocycles. The summed E-state index contributed by atoms with van der Waals surface area (Å²) in [7, 11) is 3.36. The minimum atomic E-state index is -0.309. The van der Waals surface area contributed by atoms with Gasteiger partial charge in [-0.2, -0.15) is 0 Å². The fraction of sp³-hybridized carbons (Fsp3) is 0.345. The summed E-state index contributed by atoms with van der Waals surface area (Å²) < 4.78 is 10.6. The highest BCUT2D eigenvalue weighted by Gasteiger charge is 2.24. The number of aryl methyl sites for hydroxylation is 1. The van der Waals surface area contributed by atoms with E-state index in [2.05, 4.69) is 45.6 Å². The summed E-state index contributed by atoms with van der Waals surface area (Å²) in [6, 6.07) is 10.2. The van der Waals surface area contributed by atoms with E-state index in [4.69, 9.17) is 14.5 Å². The number of nitrogens with zero attached hydrogens (tertiary/aromatic N) is 4. The van der Waals surface area contributed by atoms with Crippen LogP contribution in [0.2, 0.25) is 0 Å². The van der Waals surface area contributed by atoms with Gasteiger partial charge < -0.3 is 19.7 Å². The molecule has 1 radical (unpaired) electrons. The maximum Gasteiger partial charge on any atom is 0.281 e. The summed E-state index contributed by atoms with van der Waals surface area (Å²) in [6.07, 6.45) is 9.03. The summed E-state index contributed by atoms with van der Waals surface area (Å²) >= 11 is 0. The van der Waals surface area contributed by atoms with Gasteiger partial charge in [0.25, 0.3) is 5.91 Å². The van der Waals surface area contributed by atoms with E-state index < -0.39 is 0 Å². The maximum absolute atomic E-state index is 12.7. The van der Waals surface area contributed by atoms with Crippen molar-refractivity contribution in [3.05, 3.63) is 71.2 Å². The van der Waals surface area contributed by atoms with Crippen molar-refractivity contribution in [3.8, 4) is 17.0 Å². The topological polar surface area (TPSA) is 90.7 Å². The Hall–Kier alpha value is -3.75. The first-order valence-electron chi connectivity index (χ1n) is 12.6. The Morgan fingerprint density at radius 2 is 1.95 bits per heavy atom. The van der Waals surface area contributed by atoms with Crippen LogP contribution < -0.4 is 15.4 Å². The Morgan fingerprint density at radius 1 is 1.11 bits per heavy atom. The first kappa shape index (κ1) is 24.9. The van der Waals surface area contributed by atoms with Crippen LogP contribution in [-0.4, -0.2) is 61.2 Å². The van der Waals surface area contributed by atoms with Crippen LogP contribution in [-0.2, 0) is 4.74 Å². The Morgan fingerprint density at radius 3 is 2.70 bits per heavy atom. The smallest absolute Gasteiger partial charge is 0.281 e. The zero-order valence-electron chi connectivity index (χ0n) is 21.5. The summed E-state index contributed by atoms with van der Waals surface area (Å²) in [5, 5.41) is 7.38. The third-order valence-electron chi connectivity index (χ3n) is 7.13. The molecule has 0 bridgehead atoms. The van der Waals surface area contributed by atoms with Crippen molar-refractivity contribution < 1.29 is 14.3 Å². The zero-order chi connectivity index (χ0) is 25.8. The fourth-order valence-electron chi connectivity index (χ4n) is 5.12. The predicted octanol–water partition coefficient (Wildman–Crippen LogP) is 4.76. The van der Waals surface area contributed by atoms with Gasteiger partial charge in [0.2, 0.25) is 0 Å². The van der Waals surface area contributed by atoms with Crippen LogP contribution >= 0.6 is 0 Å². The Balaban J connectivity index is 1.41. The maximum atomic E-state index is 12.7. The van der Waals surface area contributed by atoms with E-state index in [0.717, 1.165) is 55.9 Å². The highest BCUT2D eigenvalue weighted by atomic mass is 16.5. The summed E-state index contributed by atoms with van der Waals surface area (Å²) in [5.74, 6) is 1.36. The Kier molecular flexibility index (Phi) is 7.48. The van der Waals surface area contributed by atoms with E-state index in [1.165, 1.54) is 17.3 Å². The van der Waals surface area contributed by atoms with Gasteiger partial charge in [-0.05, 0) is 85.8 Å². The summed E-state index contributed by atoms with van der Waals surface area (Å²) in [6.45, 7) is 6.11. The van der Waals surface area contributed by atoms with Crippen LogP contribution in [0.15, 0.2) is 48.9 Å². The molecule has 0 saturated carbocycles. The highest BCUT2D eigenvalue weighted by Crippen LogP contribution is 2.34. The minimum absolute atomic E-state index is 0.309. The molecule has 5 rings (SSSR count). The molecule has 3 aromatic rings. The van der Waals surface area contributed by atoms with Gasteiger partial charge in [0, 0.05) is 37.3 Å². The first-order chi connectivity index (χ1) is 18.1. The standard InChI is InChI=1S/C29H32N5O3/c1-19-14-23(4-5-25(19)20-7-10-34(11-8-20)12-13-36-2)32-28-27-21(6-9-31-29(27)35)16-26(33-28)22-15-24(37-3)18-30-17-22/h4-6,9,14-18,20H,7-8,10-13H2,1-3H3,(H,32,33). The van der Waals surface area contributed by atoms with Gasteiger partial charge in [-0.25, -0.2) is 10.3 Å². The third-order valence-corrected chi connectivity index (χ3v) is 7.13. The van der Waals surface area contributed by atoms with Gasteiger partial charge in [0.1, 0.15) is 11.6 Å². The van der Waals surface area contributed by atoms with Gasteiger partial charge in [-0.3, -0.25) is 9.78 Å². The lowest BCUT2D eigenvalue weighted by molar-refractivity contribution is 0.0965. The molecule has 1 N–H and O–H groups in total. The predicted molar refractivity (Wildman–Crippen MR) is 144 cm³/mol. The number of ether oxygens (including phenoxy) is 2. The minimum Gasteiger partial charge on any atom is -0.495 e. The Labute approximate surface area is 217 Å². The molecule has 2 aliphatic heterocycles. The van der Waals surface area contributed by atoms with E-state index in [1.54, 1.807) is 26.6 Å². The number of pyridine rings is 2. The van der Waals surface area contributed by atoms with E-state index >= 15 is 0 Å². The number of amides is 1. The molecule has 8 nitrogen and oxygen atoms in total. The first-order valence-corrected chi connectivity index (χ1v) is 12.6. The summed E-state index contributed by atoms with van der Waals surface area (Å²) in [5.41, 5.74) is 6.24. The van der Waals surface area contributed by atoms with Crippen molar-refractivity contribution in [1.82, 2.24) is 20.2 Å². The molecule has 2 aliphatic rings. The number of anilines is 2. The number of carbonyl (C=O) groups is 1. The molecule has 1 fully saturated rings. The van der Waals surface area contributed by atoms with Gasteiger partial charge >= 0.3 is 0 Å². The number of piperidine rings is 1. The van der Waals surface area contributed by atoms with Crippen molar-refractivity contribution >= 4 is 23.5 Å². The van der Waals surface area contributed by atoms with E-state index in [0.29, 0.717) is 28.7 Å². The van der Waals surface area contributed by atoms with Gasteiger partial charge in [-0.1, -0.05) is 6.07 Å². The lowest BCUT2D eigenvalue weighted by Crippen LogP contribution is -2.35.